The Morgan fingerprint density at radius 3 is 2.96 bits per heavy atom. The summed E-state index contributed by atoms with van der Waals surface area (Å²) in [5.41, 5.74) is 0.687. The van der Waals surface area contributed by atoms with E-state index in [0.29, 0.717) is 17.4 Å². The number of alkyl halides is 2. The fourth-order valence-electron chi connectivity index (χ4n) is 2.53. The lowest BCUT2D eigenvalue weighted by atomic mass is 10.2. The molecule has 1 fully saturated rings. The summed E-state index contributed by atoms with van der Waals surface area (Å²) >= 11 is 1.99. The first kappa shape index (κ1) is 17.8. The van der Waals surface area contributed by atoms with Crippen LogP contribution in [0.2, 0.25) is 0 Å². The average Bonchev–Trinajstić information content (AvgIpc) is 2.56. The van der Waals surface area contributed by atoms with Gasteiger partial charge in [-0.3, -0.25) is 4.99 Å². The van der Waals surface area contributed by atoms with Crippen molar-refractivity contribution < 1.29 is 13.5 Å². The number of hydrogen-bond acceptors (Lipinski definition) is 3. The third kappa shape index (κ3) is 5.27. The zero-order valence-corrected chi connectivity index (χ0v) is 14.3. The van der Waals surface area contributed by atoms with Gasteiger partial charge in [-0.1, -0.05) is 25.1 Å². The highest BCUT2D eigenvalue weighted by Crippen LogP contribution is 2.22. The van der Waals surface area contributed by atoms with Gasteiger partial charge >= 0.3 is 6.61 Å². The number of nitrogens with zero attached hydrogens (tertiary/aromatic N) is 2. The first-order chi connectivity index (χ1) is 11.1. The zero-order chi connectivity index (χ0) is 16.7. The van der Waals surface area contributed by atoms with Crippen LogP contribution >= 0.6 is 11.8 Å². The van der Waals surface area contributed by atoms with Crippen molar-refractivity contribution in [2.75, 3.05) is 25.9 Å². The molecule has 0 amide bonds. The number of aliphatic imine (C=N–C) groups is 1. The van der Waals surface area contributed by atoms with Crippen LogP contribution in [0, 0.1) is 0 Å². The molecular weight excluding hydrogens is 320 g/mol. The topological polar surface area (TPSA) is 36.9 Å². The second kappa shape index (κ2) is 8.96. The van der Waals surface area contributed by atoms with Crippen molar-refractivity contribution in [2.24, 2.45) is 4.99 Å². The fourth-order valence-corrected chi connectivity index (χ4v) is 3.71. The lowest BCUT2D eigenvalue weighted by molar-refractivity contribution is -0.0504. The second-order valence-electron chi connectivity index (χ2n) is 5.23. The number of thioether (sulfide) groups is 1. The highest BCUT2D eigenvalue weighted by atomic mass is 32.2. The van der Waals surface area contributed by atoms with E-state index in [1.54, 1.807) is 25.2 Å². The van der Waals surface area contributed by atoms with E-state index in [1.807, 2.05) is 17.8 Å². The number of rotatable bonds is 5. The Labute approximate surface area is 140 Å². The number of benzene rings is 1. The first-order valence-corrected chi connectivity index (χ1v) is 8.78. The predicted molar refractivity (Wildman–Crippen MR) is 91.4 cm³/mol. The number of halogens is 2. The molecule has 1 aromatic carbocycles. The van der Waals surface area contributed by atoms with E-state index >= 15 is 0 Å². The lowest BCUT2D eigenvalue weighted by Gasteiger charge is -2.34. The maximum absolute atomic E-state index is 12.5. The summed E-state index contributed by atoms with van der Waals surface area (Å²) in [6.45, 7) is 1.66. The van der Waals surface area contributed by atoms with E-state index in [2.05, 4.69) is 26.9 Å². The molecule has 1 saturated heterocycles. The summed E-state index contributed by atoms with van der Waals surface area (Å²) in [4.78, 5) is 6.54. The molecule has 1 aliphatic heterocycles. The Balaban J connectivity index is 1.98. The highest BCUT2D eigenvalue weighted by molar-refractivity contribution is 8.00. The number of para-hydroxylation sites is 1. The van der Waals surface area contributed by atoms with Crippen LogP contribution in [0.25, 0.3) is 0 Å². The van der Waals surface area contributed by atoms with Crippen molar-refractivity contribution in [2.45, 2.75) is 31.8 Å². The molecule has 7 heteroatoms. The lowest BCUT2D eigenvalue weighted by Crippen LogP contribution is -2.47. The molecule has 0 radical (unpaired) electrons. The van der Waals surface area contributed by atoms with Crippen LogP contribution in [0.3, 0.4) is 0 Å². The van der Waals surface area contributed by atoms with Crippen molar-refractivity contribution in [1.29, 1.82) is 0 Å². The van der Waals surface area contributed by atoms with Gasteiger partial charge in [-0.25, -0.2) is 0 Å². The summed E-state index contributed by atoms with van der Waals surface area (Å²) in [5.74, 6) is 2.08. The third-order valence-corrected chi connectivity index (χ3v) is 5.10. The second-order valence-corrected chi connectivity index (χ2v) is 6.64. The van der Waals surface area contributed by atoms with Gasteiger partial charge in [0, 0.05) is 43.2 Å². The molecule has 0 aromatic heterocycles. The minimum atomic E-state index is -2.82. The van der Waals surface area contributed by atoms with Crippen LogP contribution in [-0.2, 0) is 6.54 Å². The largest absolute Gasteiger partial charge is 0.434 e. The molecular formula is C16H23F2N3OS. The van der Waals surface area contributed by atoms with Gasteiger partial charge < -0.3 is 15.0 Å². The molecule has 23 heavy (non-hydrogen) atoms. The molecule has 1 heterocycles. The molecule has 1 atom stereocenters. The van der Waals surface area contributed by atoms with E-state index in [1.165, 1.54) is 0 Å². The Hall–Kier alpha value is -1.50. The molecule has 1 aromatic rings. The van der Waals surface area contributed by atoms with E-state index in [-0.39, 0.29) is 5.75 Å². The number of ether oxygens (including phenoxy) is 1. The van der Waals surface area contributed by atoms with Gasteiger partial charge in [-0.05, 0) is 12.5 Å². The standard InChI is InChI=1S/C16H23F2N3OS/c1-3-13-11-21(8-9-23-13)16(19-2)20-10-12-6-4-5-7-14(12)22-15(17)18/h4-7,13,15H,3,8-11H2,1-2H3,(H,19,20). The zero-order valence-electron chi connectivity index (χ0n) is 13.5. The smallest absolute Gasteiger partial charge is 0.387 e. The van der Waals surface area contributed by atoms with Gasteiger partial charge in [0.2, 0.25) is 0 Å². The first-order valence-electron chi connectivity index (χ1n) is 7.74. The molecule has 1 aliphatic rings. The molecule has 4 nitrogen and oxygen atoms in total. The Bertz CT molecular complexity index is 528. The van der Waals surface area contributed by atoms with Gasteiger partial charge in [0.15, 0.2) is 5.96 Å². The minimum absolute atomic E-state index is 0.200. The van der Waals surface area contributed by atoms with Gasteiger partial charge in [0.1, 0.15) is 5.75 Å². The Kier molecular flexibility index (Phi) is 6.95. The summed E-state index contributed by atoms with van der Waals surface area (Å²) < 4.78 is 29.5. The van der Waals surface area contributed by atoms with Crippen LogP contribution in [-0.4, -0.2) is 48.6 Å². The van der Waals surface area contributed by atoms with Crippen LogP contribution in [0.4, 0.5) is 8.78 Å². The highest BCUT2D eigenvalue weighted by Gasteiger charge is 2.21. The van der Waals surface area contributed by atoms with E-state index in [4.69, 9.17) is 0 Å². The normalized spacial score (nSPS) is 19.1. The Morgan fingerprint density at radius 2 is 2.26 bits per heavy atom. The minimum Gasteiger partial charge on any atom is -0.434 e. The molecule has 2 rings (SSSR count). The quantitative estimate of drug-likeness (QED) is 0.658. The van der Waals surface area contributed by atoms with E-state index in [0.717, 1.165) is 31.2 Å². The molecule has 0 bridgehead atoms. The number of guanidine groups is 1. The fraction of sp³-hybridized carbons (Fsp3) is 0.562. The van der Waals surface area contributed by atoms with Crippen molar-refractivity contribution in [3.05, 3.63) is 29.8 Å². The van der Waals surface area contributed by atoms with E-state index in [9.17, 15) is 8.78 Å². The summed E-state index contributed by atoms with van der Waals surface area (Å²) in [7, 11) is 1.74. The van der Waals surface area contributed by atoms with Crippen LogP contribution < -0.4 is 10.1 Å². The summed E-state index contributed by atoms with van der Waals surface area (Å²) in [5, 5.41) is 3.86. The maximum Gasteiger partial charge on any atom is 0.387 e. The monoisotopic (exact) mass is 343 g/mol. The van der Waals surface area contributed by atoms with Crippen molar-refractivity contribution >= 4 is 17.7 Å². The third-order valence-electron chi connectivity index (χ3n) is 3.73. The van der Waals surface area contributed by atoms with Gasteiger partial charge in [-0.15, -0.1) is 0 Å². The van der Waals surface area contributed by atoms with Gasteiger partial charge in [-0.2, -0.15) is 20.5 Å². The van der Waals surface area contributed by atoms with E-state index < -0.39 is 6.61 Å². The molecule has 1 N–H and O–H groups in total. The average molecular weight is 343 g/mol. The molecule has 1 unspecified atom stereocenters. The number of nitrogens with one attached hydrogen (secondary N) is 1. The molecule has 0 aliphatic carbocycles. The van der Waals surface area contributed by atoms with Gasteiger partial charge in [0.05, 0.1) is 0 Å². The van der Waals surface area contributed by atoms with Crippen molar-refractivity contribution in [1.82, 2.24) is 10.2 Å². The summed E-state index contributed by atoms with van der Waals surface area (Å²) in [6.07, 6.45) is 1.13. The van der Waals surface area contributed by atoms with Crippen molar-refractivity contribution in [3.8, 4) is 5.75 Å². The number of hydrogen-bond donors (Lipinski definition) is 1. The van der Waals surface area contributed by atoms with Crippen molar-refractivity contribution in [3.63, 3.8) is 0 Å². The SMILES string of the molecule is CCC1CN(C(=NC)NCc2ccccc2OC(F)F)CCS1. The molecule has 0 spiro atoms. The van der Waals surface area contributed by atoms with Crippen LogP contribution in [0.1, 0.15) is 18.9 Å². The van der Waals surface area contributed by atoms with Gasteiger partial charge in [0.25, 0.3) is 0 Å². The summed E-state index contributed by atoms with van der Waals surface area (Å²) in [6, 6.07) is 6.82. The maximum atomic E-state index is 12.5. The molecule has 0 saturated carbocycles. The molecule has 128 valence electrons. The van der Waals surface area contributed by atoms with Crippen LogP contribution in [0.5, 0.6) is 5.75 Å². The Morgan fingerprint density at radius 1 is 1.48 bits per heavy atom. The van der Waals surface area contributed by atoms with Crippen LogP contribution in [0.15, 0.2) is 29.3 Å². The predicted octanol–water partition coefficient (Wildman–Crippen LogP) is 3.19.